The molecule has 4 nitrogen and oxygen atoms in total. The molecule has 0 bridgehead atoms. The number of hydrogen-bond acceptors (Lipinski definition) is 3. The summed E-state index contributed by atoms with van der Waals surface area (Å²) < 4.78 is 26.9. The molecule has 2 rings (SSSR count). The lowest BCUT2D eigenvalue weighted by atomic mass is 9.99. The lowest BCUT2D eigenvalue weighted by Gasteiger charge is -2.34. The summed E-state index contributed by atoms with van der Waals surface area (Å²) in [4.78, 5) is 0.402. The van der Waals surface area contributed by atoms with Gasteiger partial charge in [0, 0.05) is 19.1 Å². The molecule has 0 radical (unpaired) electrons. The van der Waals surface area contributed by atoms with E-state index in [0.29, 0.717) is 23.9 Å². The van der Waals surface area contributed by atoms with Crippen LogP contribution in [0.5, 0.6) is 0 Å². The van der Waals surface area contributed by atoms with Gasteiger partial charge in [-0.1, -0.05) is 24.6 Å². The van der Waals surface area contributed by atoms with E-state index in [1.54, 1.807) is 6.07 Å². The van der Waals surface area contributed by atoms with E-state index >= 15 is 0 Å². The molecule has 1 aliphatic heterocycles. The third-order valence-electron chi connectivity index (χ3n) is 3.61. The first-order valence-electron chi connectivity index (χ1n) is 6.63. The van der Waals surface area contributed by atoms with E-state index in [1.165, 1.54) is 4.31 Å². The van der Waals surface area contributed by atoms with Gasteiger partial charge in [0.25, 0.3) is 0 Å². The molecule has 5 heteroatoms. The zero-order valence-electron chi connectivity index (χ0n) is 11.8. The van der Waals surface area contributed by atoms with Crippen molar-refractivity contribution in [1.82, 2.24) is 4.31 Å². The maximum Gasteiger partial charge on any atom is 0.243 e. The van der Waals surface area contributed by atoms with Crippen LogP contribution in [0.3, 0.4) is 0 Å². The van der Waals surface area contributed by atoms with Crippen molar-refractivity contribution in [2.45, 2.75) is 38.1 Å². The van der Waals surface area contributed by atoms with Crippen LogP contribution in [-0.4, -0.2) is 31.9 Å². The van der Waals surface area contributed by atoms with Crippen LogP contribution in [0, 0.1) is 19.8 Å². The van der Waals surface area contributed by atoms with Gasteiger partial charge in [0.05, 0.1) is 4.90 Å². The van der Waals surface area contributed by atoms with Crippen LogP contribution in [0.2, 0.25) is 0 Å². The average Bonchev–Trinajstić information content (AvgIpc) is 2.26. The average molecular weight is 282 g/mol. The van der Waals surface area contributed by atoms with Crippen molar-refractivity contribution >= 4 is 10.0 Å². The summed E-state index contributed by atoms with van der Waals surface area (Å²) >= 11 is 0. The molecule has 1 heterocycles. The summed E-state index contributed by atoms with van der Waals surface area (Å²) in [6.45, 7) is 6.82. The lowest BCUT2D eigenvalue weighted by Crippen LogP contribution is -2.48. The van der Waals surface area contributed by atoms with Gasteiger partial charge in [-0.15, -0.1) is 0 Å². The van der Waals surface area contributed by atoms with E-state index in [0.717, 1.165) is 17.5 Å². The predicted molar refractivity (Wildman–Crippen MR) is 76.4 cm³/mol. The Balaban J connectivity index is 2.36. The van der Waals surface area contributed by atoms with Crippen LogP contribution in [0.15, 0.2) is 23.1 Å². The Labute approximate surface area is 115 Å². The highest BCUT2D eigenvalue weighted by molar-refractivity contribution is 7.89. The molecule has 0 spiro atoms. The van der Waals surface area contributed by atoms with Crippen molar-refractivity contribution < 1.29 is 8.42 Å². The molecular weight excluding hydrogens is 260 g/mol. The smallest absolute Gasteiger partial charge is 0.243 e. The number of aryl methyl sites for hydroxylation is 2. The zero-order valence-corrected chi connectivity index (χ0v) is 12.6. The molecule has 0 saturated carbocycles. The van der Waals surface area contributed by atoms with E-state index in [1.807, 2.05) is 32.9 Å². The van der Waals surface area contributed by atoms with Crippen LogP contribution in [-0.2, 0) is 10.0 Å². The van der Waals surface area contributed by atoms with Crippen LogP contribution in [0.1, 0.15) is 24.5 Å². The monoisotopic (exact) mass is 282 g/mol. The Hall–Kier alpha value is -0.910. The molecule has 1 aromatic rings. The fourth-order valence-corrected chi connectivity index (χ4v) is 4.60. The van der Waals surface area contributed by atoms with Gasteiger partial charge < -0.3 is 5.73 Å². The summed E-state index contributed by atoms with van der Waals surface area (Å²) in [5.74, 6) is 0.310. The number of sulfonamides is 1. The number of rotatable bonds is 2. The molecule has 2 N–H and O–H groups in total. The number of benzene rings is 1. The molecule has 19 heavy (non-hydrogen) atoms. The Morgan fingerprint density at radius 3 is 2.53 bits per heavy atom. The van der Waals surface area contributed by atoms with Gasteiger partial charge in [-0.05, 0) is 37.8 Å². The third kappa shape index (κ3) is 2.99. The third-order valence-corrected chi connectivity index (χ3v) is 5.60. The number of hydrogen-bond donors (Lipinski definition) is 1. The second-order valence-corrected chi connectivity index (χ2v) is 7.60. The fourth-order valence-electron chi connectivity index (χ4n) is 2.77. The highest BCUT2D eigenvalue weighted by atomic mass is 32.2. The summed E-state index contributed by atoms with van der Waals surface area (Å²) in [6.07, 6.45) is 0.888. The maximum absolute atomic E-state index is 12.7. The van der Waals surface area contributed by atoms with Gasteiger partial charge in [0.2, 0.25) is 10.0 Å². The molecule has 1 aliphatic rings. The van der Waals surface area contributed by atoms with Crippen LogP contribution in [0.25, 0.3) is 0 Å². The molecule has 106 valence electrons. The fraction of sp³-hybridized carbons (Fsp3) is 0.571. The minimum atomic E-state index is -3.42. The Bertz CT molecular complexity index is 559. The van der Waals surface area contributed by atoms with Crippen molar-refractivity contribution in [2.75, 3.05) is 13.1 Å². The molecule has 0 aliphatic carbocycles. The summed E-state index contributed by atoms with van der Waals surface area (Å²) in [7, 11) is -3.42. The largest absolute Gasteiger partial charge is 0.326 e. The van der Waals surface area contributed by atoms with Gasteiger partial charge in [-0.25, -0.2) is 8.42 Å². The standard InChI is InChI=1S/C14H22N2O2S/c1-10-4-5-14(12(3)6-10)19(17,18)16-8-11(2)7-13(15)9-16/h4-6,11,13H,7-9,15H2,1-3H3. The van der Waals surface area contributed by atoms with Gasteiger partial charge in [0.15, 0.2) is 0 Å². The highest BCUT2D eigenvalue weighted by Gasteiger charge is 2.32. The molecular formula is C14H22N2O2S. The first kappa shape index (κ1) is 14.5. The minimum absolute atomic E-state index is 0.0655. The number of nitrogens with zero attached hydrogens (tertiary/aromatic N) is 1. The lowest BCUT2D eigenvalue weighted by molar-refractivity contribution is 0.254. The van der Waals surface area contributed by atoms with E-state index in [2.05, 4.69) is 0 Å². The van der Waals surface area contributed by atoms with Crippen molar-refractivity contribution in [3.63, 3.8) is 0 Å². The molecule has 2 unspecified atom stereocenters. The zero-order chi connectivity index (χ0) is 14.2. The number of nitrogens with two attached hydrogens (primary N) is 1. The van der Waals surface area contributed by atoms with Crippen molar-refractivity contribution in [3.8, 4) is 0 Å². The highest BCUT2D eigenvalue weighted by Crippen LogP contribution is 2.25. The second kappa shape index (κ2) is 5.23. The van der Waals surface area contributed by atoms with E-state index in [9.17, 15) is 8.42 Å². The molecule has 1 fully saturated rings. The van der Waals surface area contributed by atoms with Crippen molar-refractivity contribution in [3.05, 3.63) is 29.3 Å². The van der Waals surface area contributed by atoms with Gasteiger partial charge in [-0.2, -0.15) is 4.31 Å². The summed E-state index contributed by atoms with van der Waals surface area (Å²) in [5.41, 5.74) is 7.81. The number of piperidine rings is 1. The predicted octanol–water partition coefficient (Wildman–Crippen LogP) is 1.66. The molecule has 1 aromatic carbocycles. The van der Waals surface area contributed by atoms with E-state index in [4.69, 9.17) is 5.73 Å². The molecule has 0 aromatic heterocycles. The first-order valence-corrected chi connectivity index (χ1v) is 8.07. The first-order chi connectivity index (χ1) is 8.80. The maximum atomic E-state index is 12.7. The molecule has 2 atom stereocenters. The molecule has 0 amide bonds. The van der Waals surface area contributed by atoms with Gasteiger partial charge in [0.1, 0.15) is 0 Å². The Morgan fingerprint density at radius 1 is 1.26 bits per heavy atom. The van der Waals surface area contributed by atoms with E-state index in [-0.39, 0.29) is 6.04 Å². The van der Waals surface area contributed by atoms with Gasteiger partial charge in [-0.3, -0.25) is 0 Å². The SMILES string of the molecule is Cc1ccc(S(=O)(=O)N2CC(C)CC(N)C2)c(C)c1. The van der Waals surface area contributed by atoms with Gasteiger partial charge >= 0.3 is 0 Å². The van der Waals surface area contributed by atoms with Crippen LogP contribution >= 0.6 is 0 Å². The van der Waals surface area contributed by atoms with Crippen molar-refractivity contribution in [2.24, 2.45) is 11.7 Å². The minimum Gasteiger partial charge on any atom is -0.326 e. The van der Waals surface area contributed by atoms with Crippen LogP contribution in [0.4, 0.5) is 0 Å². The van der Waals surface area contributed by atoms with Crippen molar-refractivity contribution in [1.29, 1.82) is 0 Å². The molecule has 1 saturated heterocycles. The normalized spacial score (nSPS) is 25.5. The topological polar surface area (TPSA) is 63.4 Å². The Kier molecular flexibility index (Phi) is 3.99. The summed E-state index contributed by atoms with van der Waals surface area (Å²) in [5, 5.41) is 0. The van der Waals surface area contributed by atoms with E-state index < -0.39 is 10.0 Å². The summed E-state index contributed by atoms with van der Waals surface area (Å²) in [6, 6.07) is 5.38. The second-order valence-electron chi connectivity index (χ2n) is 5.69. The Morgan fingerprint density at radius 2 is 1.95 bits per heavy atom. The quantitative estimate of drug-likeness (QED) is 0.897. The van der Waals surface area contributed by atoms with Crippen LogP contribution < -0.4 is 5.73 Å².